The summed E-state index contributed by atoms with van der Waals surface area (Å²) in [4.78, 5) is 11.8. The fourth-order valence-corrected chi connectivity index (χ4v) is 2.27. The Morgan fingerprint density at radius 3 is 1.59 bits per heavy atom. The fourth-order valence-electron chi connectivity index (χ4n) is 1.91. The van der Waals surface area contributed by atoms with E-state index >= 15 is 0 Å². The molecular weight excluding hydrogens is 321 g/mol. The van der Waals surface area contributed by atoms with Crippen molar-refractivity contribution in [1.82, 2.24) is 15.0 Å². The third-order valence-electron chi connectivity index (χ3n) is 2.82. The molecule has 2 aromatic carbocycles. The zero-order valence-electron chi connectivity index (χ0n) is 11.3. The molecule has 0 amide bonds. The molecule has 3 rings (SSSR count). The molecule has 0 saturated carbocycles. The molecule has 0 saturated heterocycles. The molecule has 0 fully saturated rings. The van der Waals surface area contributed by atoms with Crippen LogP contribution in [-0.4, -0.2) is 15.0 Å². The average Bonchev–Trinajstić information content (AvgIpc) is 2.53. The minimum atomic E-state index is 0.0311. The highest BCUT2D eigenvalue weighted by molar-refractivity contribution is 6.31. The van der Waals surface area contributed by atoms with Crippen LogP contribution in [0, 0.1) is 0 Å². The number of nitrogens with zero attached hydrogens (tertiary/aromatic N) is 4. The highest BCUT2D eigenvalue weighted by Crippen LogP contribution is 2.25. The molecule has 0 radical (unpaired) electrons. The largest absolute Gasteiger partial charge is 0.261 e. The van der Waals surface area contributed by atoms with Gasteiger partial charge in [0.2, 0.25) is 16.5 Å². The third-order valence-corrected chi connectivity index (χ3v) is 3.16. The SMILES string of the molecule is Clc1nc(Cl)nc(NN(c2ccccc2)c2ccccc2)n1. The summed E-state index contributed by atoms with van der Waals surface area (Å²) in [5.74, 6) is 0.262. The molecule has 110 valence electrons. The van der Waals surface area contributed by atoms with Gasteiger partial charge in [-0.15, -0.1) is 0 Å². The average molecular weight is 332 g/mol. The van der Waals surface area contributed by atoms with Crippen molar-refractivity contribution in [1.29, 1.82) is 0 Å². The summed E-state index contributed by atoms with van der Waals surface area (Å²) in [7, 11) is 0. The van der Waals surface area contributed by atoms with Gasteiger partial charge in [0, 0.05) is 0 Å². The molecule has 0 bridgehead atoms. The number of benzene rings is 2. The standard InChI is InChI=1S/C15H11Cl2N5/c16-13-18-14(17)20-15(19-13)21-22(11-7-3-1-4-8-11)12-9-5-2-6-10-12/h1-10H,(H,18,19,20,21). The summed E-state index contributed by atoms with van der Waals surface area (Å²) in [5, 5.41) is 1.90. The van der Waals surface area contributed by atoms with Crippen LogP contribution in [0.1, 0.15) is 0 Å². The Morgan fingerprint density at radius 2 is 1.14 bits per heavy atom. The summed E-state index contributed by atoms with van der Waals surface area (Å²) in [6.07, 6.45) is 0. The van der Waals surface area contributed by atoms with Gasteiger partial charge in [0.1, 0.15) is 0 Å². The number of hydrazine groups is 1. The lowest BCUT2D eigenvalue weighted by Crippen LogP contribution is -2.25. The van der Waals surface area contributed by atoms with Gasteiger partial charge in [-0.25, -0.2) is 0 Å². The lowest BCUT2D eigenvalue weighted by atomic mass is 10.2. The maximum absolute atomic E-state index is 5.82. The number of hydrogen-bond acceptors (Lipinski definition) is 5. The van der Waals surface area contributed by atoms with Crippen molar-refractivity contribution < 1.29 is 0 Å². The molecule has 5 nitrogen and oxygen atoms in total. The van der Waals surface area contributed by atoms with Crippen molar-refractivity contribution in [2.24, 2.45) is 0 Å². The molecule has 0 unspecified atom stereocenters. The second kappa shape index (κ2) is 6.60. The van der Waals surface area contributed by atoms with Crippen molar-refractivity contribution in [2.75, 3.05) is 10.4 Å². The molecule has 3 aromatic rings. The zero-order chi connectivity index (χ0) is 15.4. The van der Waals surface area contributed by atoms with Gasteiger partial charge in [-0.2, -0.15) is 15.0 Å². The van der Waals surface area contributed by atoms with Crippen LogP contribution in [0.3, 0.4) is 0 Å². The van der Waals surface area contributed by atoms with E-state index in [0.717, 1.165) is 11.4 Å². The van der Waals surface area contributed by atoms with Gasteiger partial charge >= 0.3 is 0 Å². The highest BCUT2D eigenvalue weighted by Gasteiger charge is 2.11. The number of nitrogens with one attached hydrogen (secondary N) is 1. The molecule has 0 spiro atoms. The summed E-state index contributed by atoms with van der Waals surface area (Å²) in [6, 6.07) is 19.5. The molecule has 22 heavy (non-hydrogen) atoms. The topological polar surface area (TPSA) is 53.9 Å². The first-order chi connectivity index (χ1) is 10.7. The van der Waals surface area contributed by atoms with Crippen molar-refractivity contribution in [3.05, 3.63) is 71.2 Å². The number of anilines is 3. The van der Waals surface area contributed by atoms with E-state index < -0.39 is 0 Å². The van der Waals surface area contributed by atoms with Gasteiger partial charge in [-0.1, -0.05) is 36.4 Å². The molecule has 1 aromatic heterocycles. The Bertz CT molecular complexity index is 693. The molecule has 1 N–H and O–H groups in total. The predicted octanol–water partition coefficient (Wildman–Crippen LogP) is 4.34. The molecule has 0 aliphatic rings. The van der Waals surface area contributed by atoms with E-state index in [2.05, 4.69) is 20.4 Å². The third kappa shape index (κ3) is 3.44. The second-order valence-electron chi connectivity index (χ2n) is 4.32. The predicted molar refractivity (Wildman–Crippen MR) is 88.5 cm³/mol. The number of rotatable bonds is 4. The fraction of sp³-hybridized carbons (Fsp3) is 0. The Balaban J connectivity index is 1.99. The molecular formula is C15H11Cl2N5. The van der Waals surface area contributed by atoms with E-state index in [1.54, 1.807) is 0 Å². The van der Waals surface area contributed by atoms with Gasteiger partial charge < -0.3 is 0 Å². The maximum Gasteiger partial charge on any atom is 0.247 e. The van der Waals surface area contributed by atoms with Crippen LogP contribution in [0.4, 0.5) is 17.3 Å². The van der Waals surface area contributed by atoms with Crippen molar-refractivity contribution in [3.63, 3.8) is 0 Å². The van der Waals surface area contributed by atoms with Gasteiger partial charge in [0.15, 0.2) is 0 Å². The van der Waals surface area contributed by atoms with Crippen LogP contribution in [0.25, 0.3) is 0 Å². The molecule has 1 heterocycles. The second-order valence-corrected chi connectivity index (χ2v) is 4.99. The quantitative estimate of drug-likeness (QED) is 0.720. The summed E-state index contributed by atoms with van der Waals surface area (Å²) < 4.78 is 0. The van der Waals surface area contributed by atoms with E-state index in [-0.39, 0.29) is 16.5 Å². The van der Waals surface area contributed by atoms with Crippen LogP contribution in [0.5, 0.6) is 0 Å². The van der Waals surface area contributed by atoms with Crippen molar-refractivity contribution >= 4 is 40.5 Å². The van der Waals surface area contributed by atoms with Gasteiger partial charge in [-0.3, -0.25) is 10.4 Å². The number of halogens is 2. The van der Waals surface area contributed by atoms with E-state index in [0.29, 0.717) is 0 Å². The lowest BCUT2D eigenvalue weighted by molar-refractivity contribution is 1.01. The minimum Gasteiger partial charge on any atom is -0.261 e. The summed E-state index contributed by atoms with van der Waals surface area (Å²) in [6.45, 7) is 0. The van der Waals surface area contributed by atoms with Crippen LogP contribution >= 0.6 is 23.2 Å². The van der Waals surface area contributed by atoms with Crippen molar-refractivity contribution in [3.8, 4) is 0 Å². The van der Waals surface area contributed by atoms with E-state index in [1.165, 1.54) is 0 Å². The molecule has 0 atom stereocenters. The first-order valence-corrected chi connectivity index (χ1v) is 7.22. The Kier molecular flexibility index (Phi) is 4.37. The van der Waals surface area contributed by atoms with Crippen LogP contribution in [-0.2, 0) is 0 Å². The lowest BCUT2D eigenvalue weighted by Gasteiger charge is -2.25. The van der Waals surface area contributed by atoms with E-state index in [4.69, 9.17) is 23.2 Å². The zero-order valence-corrected chi connectivity index (χ0v) is 12.8. The van der Waals surface area contributed by atoms with Gasteiger partial charge in [0.05, 0.1) is 11.4 Å². The van der Waals surface area contributed by atoms with Crippen LogP contribution in [0.2, 0.25) is 10.6 Å². The molecule has 0 aliphatic carbocycles. The minimum absolute atomic E-state index is 0.0311. The molecule has 0 aliphatic heterocycles. The highest BCUT2D eigenvalue weighted by atomic mass is 35.5. The maximum atomic E-state index is 5.82. The van der Waals surface area contributed by atoms with E-state index in [9.17, 15) is 0 Å². The normalized spacial score (nSPS) is 10.3. The number of aromatic nitrogens is 3. The summed E-state index contributed by atoms with van der Waals surface area (Å²) >= 11 is 11.6. The first-order valence-electron chi connectivity index (χ1n) is 6.46. The smallest absolute Gasteiger partial charge is 0.247 e. The number of para-hydroxylation sites is 2. The Morgan fingerprint density at radius 1 is 0.682 bits per heavy atom. The number of hydrogen-bond donors (Lipinski definition) is 1. The first kappa shape index (κ1) is 14.6. The van der Waals surface area contributed by atoms with E-state index in [1.807, 2.05) is 65.7 Å². The summed E-state index contributed by atoms with van der Waals surface area (Å²) in [5.41, 5.74) is 4.93. The van der Waals surface area contributed by atoms with Crippen LogP contribution in [0.15, 0.2) is 60.7 Å². The van der Waals surface area contributed by atoms with Gasteiger partial charge in [0.25, 0.3) is 0 Å². The van der Waals surface area contributed by atoms with Gasteiger partial charge in [-0.05, 0) is 47.5 Å². The van der Waals surface area contributed by atoms with Crippen LogP contribution < -0.4 is 10.4 Å². The molecule has 7 heteroatoms. The van der Waals surface area contributed by atoms with Crippen molar-refractivity contribution in [2.45, 2.75) is 0 Å². The Hall–Kier alpha value is -2.37. The Labute approximate surface area is 137 Å². The monoisotopic (exact) mass is 331 g/mol.